The minimum absolute atomic E-state index is 0.266. The Morgan fingerprint density at radius 2 is 1.94 bits per heavy atom. The van der Waals surface area contributed by atoms with Crippen molar-refractivity contribution >= 4 is 5.91 Å². The van der Waals surface area contributed by atoms with Crippen LogP contribution in [-0.4, -0.2) is 45.8 Å². The zero-order chi connectivity index (χ0) is 22.5. The van der Waals surface area contributed by atoms with Crippen molar-refractivity contribution in [3.05, 3.63) is 70.7 Å². The largest absolute Gasteiger partial charge is 0.453 e. The van der Waals surface area contributed by atoms with Crippen molar-refractivity contribution in [2.75, 3.05) is 20.2 Å². The molecule has 0 spiro atoms. The molecule has 0 bridgehead atoms. The molecule has 0 unspecified atom stereocenters. The molecule has 170 valence electrons. The van der Waals surface area contributed by atoms with E-state index < -0.39 is 0 Å². The Morgan fingerprint density at radius 3 is 2.69 bits per heavy atom. The fourth-order valence-corrected chi connectivity index (χ4v) is 3.95. The highest BCUT2D eigenvalue weighted by Gasteiger charge is 2.20. The number of furan rings is 1. The second-order valence-electron chi connectivity index (χ2n) is 8.49. The van der Waals surface area contributed by atoms with Gasteiger partial charge in [0.1, 0.15) is 18.2 Å². The number of ether oxygens (including phenoxy) is 1. The van der Waals surface area contributed by atoms with Gasteiger partial charge in [0, 0.05) is 39.7 Å². The molecule has 1 aromatic carbocycles. The van der Waals surface area contributed by atoms with E-state index in [1.807, 2.05) is 0 Å². The molecule has 8 heteroatoms. The van der Waals surface area contributed by atoms with Gasteiger partial charge >= 0.3 is 0 Å². The van der Waals surface area contributed by atoms with E-state index in [0.29, 0.717) is 24.8 Å². The molecule has 1 amide bonds. The summed E-state index contributed by atoms with van der Waals surface area (Å²) in [7, 11) is 1.59. The van der Waals surface area contributed by atoms with Crippen molar-refractivity contribution < 1.29 is 13.9 Å². The molecule has 0 atom stereocenters. The number of carbonyl (C=O) groups is 1. The van der Waals surface area contributed by atoms with E-state index in [0.717, 1.165) is 44.2 Å². The first-order chi connectivity index (χ1) is 15.5. The Balaban J connectivity index is 1.33. The maximum Gasteiger partial charge on any atom is 0.287 e. The van der Waals surface area contributed by atoms with Crippen LogP contribution in [0.15, 0.2) is 40.8 Å². The quantitative estimate of drug-likeness (QED) is 0.583. The van der Waals surface area contributed by atoms with Gasteiger partial charge in [0.05, 0.1) is 6.54 Å². The first kappa shape index (κ1) is 22.2. The van der Waals surface area contributed by atoms with Gasteiger partial charge in [-0.1, -0.05) is 38.1 Å². The van der Waals surface area contributed by atoms with E-state index >= 15 is 0 Å². The summed E-state index contributed by atoms with van der Waals surface area (Å²) in [5, 5.41) is 11.5. The van der Waals surface area contributed by atoms with Crippen molar-refractivity contribution in [2.24, 2.45) is 0 Å². The average molecular weight is 438 g/mol. The van der Waals surface area contributed by atoms with Gasteiger partial charge < -0.3 is 19.0 Å². The molecule has 1 aliphatic rings. The third kappa shape index (κ3) is 5.26. The third-order valence-electron chi connectivity index (χ3n) is 5.83. The average Bonchev–Trinajstić information content (AvgIpc) is 3.36. The number of hydrogen-bond donors (Lipinski definition) is 1. The lowest BCUT2D eigenvalue weighted by atomic mass is 10.0. The lowest BCUT2D eigenvalue weighted by Crippen LogP contribution is -2.28. The summed E-state index contributed by atoms with van der Waals surface area (Å²) < 4.78 is 12.6. The Hall–Kier alpha value is -2.97. The summed E-state index contributed by atoms with van der Waals surface area (Å²) in [5.41, 5.74) is 2.69. The smallest absolute Gasteiger partial charge is 0.287 e. The highest BCUT2D eigenvalue weighted by atomic mass is 16.5. The summed E-state index contributed by atoms with van der Waals surface area (Å²) in [6, 6.07) is 12.3. The van der Waals surface area contributed by atoms with Gasteiger partial charge in [0.25, 0.3) is 5.91 Å². The molecular weight excluding hydrogens is 406 g/mol. The van der Waals surface area contributed by atoms with E-state index in [9.17, 15) is 4.79 Å². The maximum atomic E-state index is 12.4. The maximum absolute atomic E-state index is 12.4. The van der Waals surface area contributed by atoms with Crippen molar-refractivity contribution in [2.45, 2.75) is 52.4 Å². The summed E-state index contributed by atoms with van der Waals surface area (Å²) in [6.07, 6.45) is 0.837. The molecule has 0 radical (unpaired) electrons. The number of benzene rings is 1. The summed E-state index contributed by atoms with van der Waals surface area (Å²) in [6.45, 7) is 8.65. The number of methoxy groups -OCH3 is 1. The van der Waals surface area contributed by atoms with Gasteiger partial charge in [0.15, 0.2) is 11.6 Å². The van der Waals surface area contributed by atoms with Crippen molar-refractivity contribution in [3.8, 4) is 0 Å². The Labute approximate surface area is 188 Å². The Morgan fingerprint density at radius 1 is 1.12 bits per heavy atom. The molecule has 1 aliphatic heterocycles. The van der Waals surface area contributed by atoms with Crippen LogP contribution in [-0.2, 0) is 37.4 Å². The van der Waals surface area contributed by atoms with Crippen LogP contribution >= 0.6 is 0 Å². The van der Waals surface area contributed by atoms with Gasteiger partial charge in [-0.15, -0.1) is 10.2 Å². The van der Waals surface area contributed by atoms with Gasteiger partial charge in [-0.25, -0.2) is 0 Å². The standard InChI is InChI=1S/C24H31N5O3/c1-17(2)19-6-4-18(5-7-19)15-28-11-10-22-26-27-23(29(22)13-12-28)14-25-24(30)21-9-8-20(32-21)16-31-3/h4-9,17H,10-16H2,1-3H3,(H,25,30). The fourth-order valence-electron chi connectivity index (χ4n) is 3.95. The minimum atomic E-state index is -0.273. The summed E-state index contributed by atoms with van der Waals surface area (Å²) in [4.78, 5) is 14.8. The molecule has 32 heavy (non-hydrogen) atoms. The minimum Gasteiger partial charge on any atom is -0.453 e. The van der Waals surface area contributed by atoms with E-state index in [4.69, 9.17) is 9.15 Å². The topological polar surface area (TPSA) is 85.4 Å². The lowest BCUT2D eigenvalue weighted by molar-refractivity contribution is 0.0913. The van der Waals surface area contributed by atoms with Crippen LogP contribution in [0.25, 0.3) is 0 Å². The van der Waals surface area contributed by atoms with Gasteiger partial charge in [-0.05, 0) is 29.2 Å². The molecular formula is C24H31N5O3. The summed E-state index contributed by atoms with van der Waals surface area (Å²) >= 11 is 0. The van der Waals surface area contributed by atoms with E-state index in [2.05, 4.69) is 63.1 Å². The third-order valence-corrected chi connectivity index (χ3v) is 5.83. The van der Waals surface area contributed by atoms with Crippen molar-refractivity contribution in [1.29, 1.82) is 0 Å². The van der Waals surface area contributed by atoms with Gasteiger partial charge in [-0.3, -0.25) is 9.69 Å². The second kappa shape index (κ2) is 10.1. The van der Waals surface area contributed by atoms with Gasteiger partial charge in [-0.2, -0.15) is 0 Å². The van der Waals surface area contributed by atoms with E-state index in [1.165, 1.54) is 11.1 Å². The molecule has 0 aliphatic carbocycles. The molecule has 8 nitrogen and oxygen atoms in total. The van der Waals surface area contributed by atoms with Crippen LogP contribution in [0.2, 0.25) is 0 Å². The number of aromatic nitrogens is 3. The normalized spacial score (nSPS) is 14.4. The highest BCUT2D eigenvalue weighted by molar-refractivity contribution is 5.91. The van der Waals surface area contributed by atoms with Crippen molar-refractivity contribution in [1.82, 2.24) is 25.0 Å². The molecule has 1 N–H and O–H groups in total. The van der Waals surface area contributed by atoms with Crippen LogP contribution in [0.3, 0.4) is 0 Å². The number of amides is 1. The summed E-state index contributed by atoms with van der Waals surface area (Å²) in [5.74, 6) is 2.89. The van der Waals surface area contributed by atoms with Gasteiger partial charge in [0.2, 0.25) is 0 Å². The molecule has 4 rings (SSSR count). The highest BCUT2D eigenvalue weighted by Crippen LogP contribution is 2.17. The van der Waals surface area contributed by atoms with Crippen LogP contribution in [0.4, 0.5) is 0 Å². The number of nitrogens with zero attached hydrogens (tertiary/aromatic N) is 4. The van der Waals surface area contributed by atoms with Crippen LogP contribution in [0.1, 0.15) is 58.9 Å². The first-order valence-electron chi connectivity index (χ1n) is 11.1. The van der Waals surface area contributed by atoms with E-state index in [-0.39, 0.29) is 11.7 Å². The molecule has 0 fully saturated rings. The first-order valence-corrected chi connectivity index (χ1v) is 11.1. The fraction of sp³-hybridized carbons (Fsp3) is 0.458. The van der Waals surface area contributed by atoms with Crippen LogP contribution in [0.5, 0.6) is 0 Å². The number of hydrogen-bond acceptors (Lipinski definition) is 6. The predicted octanol–water partition coefficient (Wildman–Crippen LogP) is 3.13. The number of rotatable bonds is 8. The van der Waals surface area contributed by atoms with Crippen molar-refractivity contribution in [3.63, 3.8) is 0 Å². The molecule has 0 saturated carbocycles. The van der Waals surface area contributed by atoms with Crippen LogP contribution in [0, 0.1) is 0 Å². The predicted molar refractivity (Wildman–Crippen MR) is 120 cm³/mol. The number of fused-ring (bicyclic) bond motifs is 1. The molecule has 3 heterocycles. The number of nitrogens with one attached hydrogen (secondary N) is 1. The Bertz CT molecular complexity index is 1040. The zero-order valence-corrected chi connectivity index (χ0v) is 19.0. The molecule has 0 saturated heterocycles. The van der Waals surface area contributed by atoms with Crippen LogP contribution < -0.4 is 5.32 Å². The SMILES string of the molecule is COCc1ccc(C(=O)NCc2nnc3n2CCN(Cc2ccc(C(C)C)cc2)CC3)o1. The lowest BCUT2D eigenvalue weighted by Gasteiger charge is -2.20. The van der Waals surface area contributed by atoms with E-state index in [1.54, 1.807) is 19.2 Å². The number of carbonyl (C=O) groups excluding carboxylic acids is 1. The monoisotopic (exact) mass is 437 g/mol. The molecule has 3 aromatic rings. The Kier molecular flexibility index (Phi) is 7.02. The zero-order valence-electron chi connectivity index (χ0n) is 19.0. The second-order valence-corrected chi connectivity index (χ2v) is 8.49. The molecule has 2 aromatic heterocycles.